The van der Waals surface area contributed by atoms with Crippen LogP contribution in [0.5, 0.6) is 0 Å². The molecular formula is C55H105NO5. The summed E-state index contributed by atoms with van der Waals surface area (Å²) in [5.74, 6) is -0.132. The van der Waals surface area contributed by atoms with Crippen LogP contribution in [0, 0.1) is 0 Å². The fraction of sp³-hybridized carbons (Fsp3) is 0.891. The van der Waals surface area contributed by atoms with Crippen molar-refractivity contribution < 1.29 is 24.5 Å². The van der Waals surface area contributed by atoms with E-state index in [-0.39, 0.29) is 18.5 Å². The van der Waals surface area contributed by atoms with E-state index in [0.29, 0.717) is 25.9 Å². The minimum Gasteiger partial charge on any atom is -0.466 e. The molecule has 3 N–H and O–H groups in total. The Morgan fingerprint density at radius 1 is 0.443 bits per heavy atom. The molecule has 0 bridgehead atoms. The first kappa shape index (κ1) is 59.3. The van der Waals surface area contributed by atoms with Crippen LogP contribution in [-0.2, 0) is 14.3 Å². The van der Waals surface area contributed by atoms with Gasteiger partial charge in [-0.15, -0.1) is 0 Å². The molecule has 0 spiro atoms. The predicted octanol–water partition coefficient (Wildman–Crippen LogP) is 16.3. The summed E-state index contributed by atoms with van der Waals surface area (Å²) in [6.45, 7) is 4.87. The van der Waals surface area contributed by atoms with Crippen LogP contribution in [0.2, 0.25) is 0 Å². The predicted molar refractivity (Wildman–Crippen MR) is 264 cm³/mol. The molecule has 2 atom stereocenters. The maximum atomic E-state index is 12.4. The average molecular weight is 860 g/mol. The highest BCUT2D eigenvalue weighted by Gasteiger charge is 2.20. The van der Waals surface area contributed by atoms with Gasteiger partial charge in [-0.25, -0.2) is 0 Å². The Morgan fingerprint density at radius 2 is 0.787 bits per heavy atom. The molecule has 0 aromatic carbocycles. The molecule has 0 radical (unpaired) electrons. The molecule has 0 aliphatic rings. The third-order valence-corrected chi connectivity index (χ3v) is 12.5. The van der Waals surface area contributed by atoms with E-state index in [1.54, 1.807) is 0 Å². The topological polar surface area (TPSA) is 95.9 Å². The van der Waals surface area contributed by atoms with Crippen molar-refractivity contribution in [2.45, 2.75) is 302 Å². The summed E-state index contributed by atoms with van der Waals surface area (Å²) in [5, 5.41) is 23.2. The normalized spacial score (nSPS) is 12.8. The van der Waals surface area contributed by atoms with E-state index < -0.39 is 12.1 Å². The van der Waals surface area contributed by atoms with Gasteiger partial charge < -0.3 is 20.3 Å². The van der Waals surface area contributed by atoms with Gasteiger partial charge in [-0.2, -0.15) is 0 Å². The number of amides is 1. The van der Waals surface area contributed by atoms with E-state index in [9.17, 15) is 19.8 Å². The molecule has 0 heterocycles. The van der Waals surface area contributed by atoms with Gasteiger partial charge in [0.05, 0.1) is 25.4 Å². The minimum absolute atomic E-state index is 0.0382. The number of ether oxygens (including phenoxy) is 1. The summed E-state index contributed by atoms with van der Waals surface area (Å²) >= 11 is 0. The lowest BCUT2D eigenvalue weighted by Gasteiger charge is -2.22. The van der Waals surface area contributed by atoms with Gasteiger partial charge in [0, 0.05) is 12.8 Å². The minimum atomic E-state index is -0.695. The average Bonchev–Trinajstić information content (AvgIpc) is 3.26. The van der Waals surface area contributed by atoms with Gasteiger partial charge in [0.1, 0.15) is 0 Å². The standard InChI is InChI=1S/C55H105NO5/c1-3-5-7-9-11-13-15-17-19-21-23-25-27-29-33-37-41-45-49-55(60)61-50-46-42-38-34-30-32-36-40-44-48-54(59)56-52(51-57)53(58)47-43-39-35-31-28-26-24-22-20-18-16-14-12-10-8-6-4-2/h19,21,32,36,52-53,57-58H,3-18,20,22-31,33-35,37-51H2,1-2H3,(H,56,59)/b21-19-,36-32-. The number of allylic oxidation sites excluding steroid dienone is 4. The van der Waals surface area contributed by atoms with E-state index in [1.165, 1.54) is 186 Å². The number of nitrogens with one attached hydrogen (secondary N) is 1. The molecule has 0 saturated heterocycles. The largest absolute Gasteiger partial charge is 0.466 e. The lowest BCUT2D eigenvalue weighted by Crippen LogP contribution is -2.45. The molecule has 0 fully saturated rings. The zero-order valence-corrected chi connectivity index (χ0v) is 40.9. The SMILES string of the molecule is CCCCCCCCC/C=C\CCCCCCCCCC(=O)OCCCCCC/C=C\CCCC(=O)NC(CO)C(O)CCCCCCCCCCCCCCCCCCC. The molecular weight excluding hydrogens is 755 g/mol. The monoisotopic (exact) mass is 860 g/mol. The number of esters is 1. The third kappa shape index (κ3) is 47.7. The fourth-order valence-corrected chi connectivity index (χ4v) is 8.28. The second-order valence-electron chi connectivity index (χ2n) is 18.6. The van der Waals surface area contributed by atoms with Crippen LogP contribution in [0.25, 0.3) is 0 Å². The van der Waals surface area contributed by atoms with E-state index in [0.717, 1.165) is 70.6 Å². The van der Waals surface area contributed by atoms with Crippen LogP contribution in [-0.4, -0.2) is 47.4 Å². The summed E-state index contributed by atoms with van der Waals surface area (Å²) in [6.07, 6.45) is 60.2. The van der Waals surface area contributed by atoms with Crippen molar-refractivity contribution in [3.63, 3.8) is 0 Å². The number of aliphatic hydroxyl groups excluding tert-OH is 2. The molecule has 6 heteroatoms. The molecule has 0 aliphatic heterocycles. The molecule has 0 aliphatic carbocycles. The Bertz CT molecular complexity index is 951. The van der Waals surface area contributed by atoms with Crippen LogP contribution >= 0.6 is 0 Å². The number of aliphatic hydroxyl groups is 2. The summed E-state index contributed by atoms with van der Waals surface area (Å²) in [4.78, 5) is 24.5. The highest BCUT2D eigenvalue weighted by Crippen LogP contribution is 2.16. The second kappa shape index (κ2) is 51.0. The zero-order chi connectivity index (χ0) is 44.4. The zero-order valence-electron chi connectivity index (χ0n) is 40.9. The maximum absolute atomic E-state index is 12.4. The smallest absolute Gasteiger partial charge is 0.305 e. The van der Waals surface area contributed by atoms with Crippen LogP contribution < -0.4 is 5.32 Å². The summed E-state index contributed by atoms with van der Waals surface area (Å²) < 4.78 is 5.45. The Balaban J connectivity index is 3.52. The molecule has 2 unspecified atom stereocenters. The Morgan fingerprint density at radius 3 is 1.20 bits per heavy atom. The van der Waals surface area contributed by atoms with Crippen molar-refractivity contribution in [2.24, 2.45) is 0 Å². The van der Waals surface area contributed by atoms with E-state index in [4.69, 9.17) is 4.74 Å². The maximum Gasteiger partial charge on any atom is 0.305 e. The number of unbranched alkanes of at least 4 members (excludes halogenated alkanes) is 35. The van der Waals surface area contributed by atoms with Crippen molar-refractivity contribution in [1.82, 2.24) is 5.32 Å². The number of hydrogen-bond acceptors (Lipinski definition) is 5. The number of rotatable bonds is 50. The van der Waals surface area contributed by atoms with Gasteiger partial charge in [-0.3, -0.25) is 9.59 Å². The lowest BCUT2D eigenvalue weighted by atomic mass is 10.0. The molecule has 6 nitrogen and oxygen atoms in total. The van der Waals surface area contributed by atoms with Crippen LogP contribution in [0.4, 0.5) is 0 Å². The van der Waals surface area contributed by atoms with Crippen LogP contribution in [0.1, 0.15) is 290 Å². The second-order valence-corrected chi connectivity index (χ2v) is 18.6. The molecule has 0 rings (SSSR count). The van der Waals surface area contributed by atoms with Crippen molar-refractivity contribution in [1.29, 1.82) is 0 Å². The lowest BCUT2D eigenvalue weighted by molar-refractivity contribution is -0.143. The Kier molecular flexibility index (Phi) is 49.6. The fourth-order valence-electron chi connectivity index (χ4n) is 8.28. The molecule has 0 aromatic heterocycles. The van der Waals surface area contributed by atoms with Gasteiger partial charge in [0.15, 0.2) is 0 Å². The summed E-state index contributed by atoms with van der Waals surface area (Å²) in [6, 6.07) is -0.579. The van der Waals surface area contributed by atoms with Gasteiger partial charge in [0.25, 0.3) is 0 Å². The molecule has 61 heavy (non-hydrogen) atoms. The van der Waals surface area contributed by atoms with Crippen molar-refractivity contribution in [3.8, 4) is 0 Å². The van der Waals surface area contributed by atoms with Crippen molar-refractivity contribution in [3.05, 3.63) is 24.3 Å². The first-order chi connectivity index (χ1) is 30.0. The quantitative estimate of drug-likeness (QED) is 0.0322. The number of carbonyl (C=O) groups is 2. The van der Waals surface area contributed by atoms with E-state index in [1.807, 2.05) is 0 Å². The van der Waals surface area contributed by atoms with Crippen molar-refractivity contribution >= 4 is 11.9 Å². The van der Waals surface area contributed by atoms with Crippen LogP contribution in [0.15, 0.2) is 24.3 Å². The Labute approximate surface area is 380 Å². The number of carbonyl (C=O) groups excluding carboxylic acids is 2. The first-order valence-electron chi connectivity index (χ1n) is 27.1. The molecule has 360 valence electrons. The highest BCUT2D eigenvalue weighted by molar-refractivity contribution is 5.76. The molecule has 1 amide bonds. The van der Waals surface area contributed by atoms with Crippen LogP contribution in [0.3, 0.4) is 0 Å². The third-order valence-electron chi connectivity index (χ3n) is 12.5. The first-order valence-corrected chi connectivity index (χ1v) is 27.1. The highest BCUT2D eigenvalue weighted by atomic mass is 16.5. The van der Waals surface area contributed by atoms with Gasteiger partial charge in [-0.1, -0.05) is 231 Å². The van der Waals surface area contributed by atoms with Gasteiger partial charge >= 0.3 is 5.97 Å². The van der Waals surface area contributed by atoms with E-state index in [2.05, 4.69) is 43.5 Å². The molecule has 0 saturated carbocycles. The number of hydrogen-bond donors (Lipinski definition) is 3. The van der Waals surface area contributed by atoms with E-state index >= 15 is 0 Å². The van der Waals surface area contributed by atoms with Crippen molar-refractivity contribution in [2.75, 3.05) is 13.2 Å². The summed E-state index contributed by atoms with van der Waals surface area (Å²) in [5.41, 5.74) is 0. The Hall–Kier alpha value is -1.66. The van der Waals surface area contributed by atoms with Gasteiger partial charge in [0.2, 0.25) is 5.91 Å². The van der Waals surface area contributed by atoms with Gasteiger partial charge in [-0.05, 0) is 70.6 Å². The summed E-state index contributed by atoms with van der Waals surface area (Å²) in [7, 11) is 0. The molecule has 0 aromatic rings.